The van der Waals surface area contributed by atoms with Gasteiger partial charge in [-0.2, -0.15) is 0 Å². The predicted molar refractivity (Wildman–Crippen MR) is 95.9 cm³/mol. The molecule has 148 valence electrons. The molecule has 2 amide bonds. The van der Waals surface area contributed by atoms with Crippen LogP contribution in [-0.2, 0) is 9.47 Å². The number of nitrogens with zero attached hydrogens (tertiary/aromatic N) is 1. The summed E-state index contributed by atoms with van der Waals surface area (Å²) in [4.78, 5) is 25.7. The molecule has 1 saturated heterocycles. The average molecular weight is 389 g/mol. The molecule has 7 nitrogen and oxygen atoms in total. The Balaban J connectivity index is 1.58. The number of benzene rings is 1. The fraction of sp³-hybridized carbons (Fsp3) is 0.400. The van der Waals surface area contributed by atoms with Crippen LogP contribution >= 0.6 is 0 Å². The number of amides is 2. The highest BCUT2D eigenvalue weighted by Gasteiger charge is 2.49. The molecule has 8 heteroatoms. The first-order valence-corrected chi connectivity index (χ1v) is 8.92. The Morgan fingerprint density at radius 2 is 1.93 bits per heavy atom. The third kappa shape index (κ3) is 2.98. The summed E-state index contributed by atoms with van der Waals surface area (Å²) in [5.74, 6) is -2.82. The van der Waals surface area contributed by atoms with Crippen molar-refractivity contribution >= 4 is 17.4 Å². The Labute approximate surface area is 160 Å². The van der Waals surface area contributed by atoms with Crippen molar-refractivity contribution in [1.82, 2.24) is 4.90 Å². The third-order valence-electron chi connectivity index (χ3n) is 5.07. The van der Waals surface area contributed by atoms with Gasteiger partial charge in [0.2, 0.25) is 6.30 Å². The van der Waals surface area contributed by atoms with Crippen LogP contribution in [0.15, 0.2) is 36.4 Å². The number of carbonyl (C=O) groups excluding carboxylic acids is 2. The van der Waals surface area contributed by atoms with Gasteiger partial charge in [0.1, 0.15) is 18.3 Å². The normalized spacial score (nSPS) is 27.9. The number of rotatable bonds is 4. The van der Waals surface area contributed by atoms with E-state index >= 15 is 4.39 Å². The second kappa shape index (κ2) is 6.59. The Bertz CT molecular complexity index is 908. The van der Waals surface area contributed by atoms with Crippen LogP contribution in [0.4, 0.5) is 4.39 Å². The number of carbonyl (C=O) groups is 2. The fourth-order valence-electron chi connectivity index (χ4n) is 3.48. The summed E-state index contributed by atoms with van der Waals surface area (Å²) >= 11 is 0. The van der Waals surface area contributed by atoms with E-state index in [4.69, 9.17) is 9.47 Å². The van der Waals surface area contributed by atoms with Gasteiger partial charge in [0.25, 0.3) is 11.8 Å². The molecule has 1 fully saturated rings. The van der Waals surface area contributed by atoms with E-state index in [9.17, 15) is 19.8 Å². The zero-order chi connectivity index (χ0) is 20.2. The molecule has 0 radical (unpaired) electrons. The third-order valence-corrected chi connectivity index (χ3v) is 5.07. The van der Waals surface area contributed by atoms with Crippen LogP contribution in [0.1, 0.15) is 40.1 Å². The molecule has 2 N–H and O–H groups in total. The van der Waals surface area contributed by atoms with E-state index in [1.807, 2.05) is 18.2 Å². The van der Waals surface area contributed by atoms with Crippen LogP contribution in [0, 0.1) is 0 Å². The van der Waals surface area contributed by atoms with Crippen molar-refractivity contribution in [1.29, 1.82) is 0 Å². The van der Waals surface area contributed by atoms with Gasteiger partial charge in [-0.1, -0.05) is 24.3 Å². The van der Waals surface area contributed by atoms with Gasteiger partial charge in [-0.15, -0.1) is 0 Å². The van der Waals surface area contributed by atoms with Gasteiger partial charge in [0.05, 0.1) is 17.7 Å². The molecule has 0 bridgehead atoms. The molecule has 1 aliphatic carbocycles. The molecule has 0 aromatic heterocycles. The Morgan fingerprint density at radius 3 is 2.57 bits per heavy atom. The standard InChI is InChI=1S/C20H20FNO6/c1-20(2)27-9-14(23)16(28-20)15(24)17(21)22-18(25)12-7-6-11(10-4-3-5-10)8-13(12)19(22)26/h3-8,14-17,23-24H,9H2,1-2H3/t14?,15?,16-,17?/m1/s1. The molecule has 4 atom stereocenters. The second-order valence-corrected chi connectivity index (χ2v) is 7.45. The van der Waals surface area contributed by atoms with E-state index < -0.39 is 42.2 Å². The van der Waals surface area contributed by atoms with Gasteiger partial charge < -0.3 is 19.7 Å². The lowest BCUT2D eigenvalue weighted by Crippen LogP contribution is -2.58. The molecule has 28 heavy (non-hydrogen) atoms. The lowest BCUT2D eigenvalue weighted by Gasteiger charge is -2.42. The zero-order valence-electron chi connectivity index (χ0n) is 15.3. The molecule has 3 aliphatic rings. The highest BCUT2D eigenvalue weighted by Crippen LogP contribution is 2.33. The number of hydrogen-bond donors (Lipinski definition) is 2. The summed E-state index contributed by atoms with van der Waals surface area (Å²) in [6.45, 7) is 2.94. The summed E-state index contributed by atoms with van der Waals surface area (Å²) in [7, 11) is 0. The molecule has 3 unspecified atom stereocenters. The highest BCUT2D eigenvalue weighted by atomic mass is 19.1. The van der Waals surface area contributed by atoms with Gasteiger partial charge in [0, 0.05) is 0 Å². The highest BCUT2D eigenvalue weighted by molar-refractivity contribution is 6.21. The van der Waals surface area contributed by atoms with Gasteiger partial charge in [-0.25, -0.2) is 9.29 Å². The van der Waals surface area contributed by atoms with Crippen LogP contribution in [0.3, 0.4) is 0 Å². The largest absolute Gasteiger partial charge is 0.388 e. The lowest BCUT2D eigenvalue weighted by atomic mass is 9.96. The summed E-state index contributed by atoms with van der Waals surface area (Å²) in [6.07, 6.45) is -1.42. The first-order chi connectivity index (χ1) is 13.2. The maximum absolute atomic E-state index is 15.1. The van der Waals surface area contributed by atoms with Gasteiger partial charge in [0.15, 0.2) is 5.79 Å². The van der Waals surface area contributed by atoms with Crippen molar-refractivity contribution < 1.29 is 33.7 Å². The van der Waals surface area contributed by atoms with Crippen LogP contribution < -0.4 is 0 Å². The fourth-order valence-corrected chi connectivity index (χ4v) is 3.48. The van der Waals surface area contributed by atoms with Crippen molar-refractivity contribution in [2.45, 2.75) is 44.2 Å². The van der Waals surface area contributed by atoms with E-state index in [0.29, 0.717) is 4.90 Å². The number of ether oxygens (including phenoxy) is 2. The first kappa shape index (κ1) is 18.9. The predicted octanol–water partition coefficient (Wildman–Crippen LogP) is 1.40. The van der Waals surface area contributed by atoms with Crippen molar-refractivity contribution in [3.8, 4) is 0 Å². The molecular formula is C20H20FNO6. The quantitative estimate of drug-likeness (QED) is 0.597. The Hall–Kier alpha value is -2.39. The van der Waals surface area contributed by atoms with Crippen LogP contribution in [0.2, 0.25) is 0 Å². The number of allylic oxidation sites excluding steroid dienone is 4. The van der Waals surface area contributed by atoms with Crippen molar-refractivity contribution in [3.05, 3.63) is 53.1 Å². The molecule has 1 aromatic carbocycles. The van der Waals surface area contributed by atoms with Gasteiger partial charge >= 0.3 is 0 Å². The van der Waals surface area contributed by atoms with Crippen molar-refractivity contribution in [3.63, 3.8) is 0 Å². The Kier molecular flexibility index (Phi) is 4.46. The number of aliphatic hydroxyl groups is 2. The monoisotopic (exact) mass is 389 g/mol. The molecule has 2 heterocycles. The van der Waals surface area contributed by atoms with Crippen molar-refractivity contribution in [2.75, 3.05) is 6.61 Å². The molecule has 4 rings (SSSR count). The number of fused-ring (bicyclic) bond motifs is 1. The smallest absolute Gasteiger partial charge is 0.264 e. The number of aliphatic hydroxyl groups excluding tert-OH is 2. The summed E-state index contributed by atoms with van der Waals surface area (Å²) in [6, 6.07) is 4.69. The van der Waals surface area contributed by atoms with Gasteiger partial charge in [-0.3, -0.25) is 9.59 Å². The molecule has 1 aromatic rings. The van der Waals surface area contributed by atoms with Crippen LogP contribution in [-0.4, -0.2) is 63.9 Å². The second-order valence-electron chi connectivity index (χ2n) is 7.45. The number of hydrogen-bond acceptors (Lipinski definition) is 6. The minimum atomic E-state index is -2.38. The minimum absolute atomic E-state index is 0.0706. The van der Waals surface area contributed by atoms with E-state index in [1.165, 1.54) is 12.1 Å². The molecular weight excluding hydrogens is 369 g/mol. The molecule has 2 aliphatic heterocycles. The molecule has 0 spiro atoms. The summed E-state index contributed by atoms with van der Waals surface area (Å²) < 4.78 is 25.8. The van der Waals surface area contributed by atoms with Crippen molar-refractivity contribution in [2.24, 2.45) is 0 Å². The SMILES string of the molecule is CC1(C)OCC(O)[C@H](C(O)C(F)N2C(=O)c3ccc(C4=CC=C4)cc3C2=O)O1. The van der Waals surface area contributed by atoms with E-state index in [0.717, 1.165) is 11.1 Å². The average Bonchev–Trinajstić information content (AvgIpc) is 2.85. The number of imide groups is 1. The number of alkyl halides is 1. The van der Waals surface area contributed by atoms with E-state index in [1.54, 1.807) is 19.9 Å². The maximum Gasteiger partial charge on any atom is 0.264 e. The first-order valence-electron chi connectivity index (χ1n) is 8.92. The van der Waals surface area contributed by atoms with E-state index in [2.05, 4.69) is 0 Å². The van der Waals surface area contributed by atoms with E-state index in [-0.39, 0.29) is 17.7 Å². The maximum atomic E-state index is 15.1. The summed E-state index contributed by atoms with van der Waals surface area (Å²) in [5, 5.41) is 20.5. The summed E-state index contributed by atoms with van der Waals surface area (Å²) in [5.41, 5.74) is 1.79. The molecule has 0 saturated carbocycles. The zero-order valence-corrected chi connectivity index (χ0v) is 15.3. The van der Waals surface area contributed by atoms with Crippen LogP contribution in [0.25, 0.3) is 5.57 Å². The topological polar surface area (TPSA) is 96.3 Å². The van der Waals surface area contributed by atoms with Gasteiger partial charge in [-0.05, 0) is 37.1 Å². The minimum Gasteiger partial charge on any atom is -0.388 e. The van der Waals surface area contributed by atoms with Crippen LogP contribution in [0.5, 0.6) is 0 Å². The Morgan fingerprint density at radius 1 is 1.25 bits per heavy atom. The number of halogens is 1. The lowest BCUT2D eigenvalue weighted by molar-refractivity contribution is -0.323.